The van der Waals surface area contributed by atoms with E-state index in [0.29, 0.717) is 31.7 Å². The van der Waals surface area contributed by atoms with Crippen LogP contribution in [-0.2, 0) is 9.53 Å². The third-order valence-electron chi connectivity index (χ3n) is 5.45. The minimum Gasteiger partial charge on any atom is -0.496 e. The summed E-state index contributed by atoms with van der Waals surface area (Å²) in [4.78, 5) is 26.2. The number of carbonyl (C=O) groups is 2. The highest BCUT2D eigenvalue weighted by Gasteiger charge is 2.39. The Morgan fingerprint density at radius 3 is 2.60 bits per heavy atom. The second-order valence-electron chi connectivity index (χ2n) is 6.95. The number of rotatable bonds is 4. The molecule has 0 spiro atoms. The molecule has 2 N–H and O–H groups in total. The fourth-order valence-corrected chi connectivity index (χ4v) is 3.95. The van der Waals surface area contributed by atoms with E-state index in [2.05, 4.69) is 0 Å². The molecule has 6 nitrogen and oxygen atoms in total. The molecule has 2 saturated heterocycles. The lowest BCUT2D eigenvalue weighted by atomic mass is 9.84. The fraction of sp³-hybridized carbons (Fsp3) is 0.579. The summed E-state index contributed by atoms with van der Waals surface area (Å²) in [6.45, 7) is 3.89. The van der Waals surface area contributed by atoms with Crippen molar-refractivity contribution in [2.45, 2.75) is 32.3 Å². The lowest BCUT2D eigenvalue weighted by Crippen LogP contribution is -2.44. The molecular formula is C19H26N2O4. The zero-order valence-electron chi connectivity index (χ0n) is 14.9. The zero-order valence-corrected chi connectivity index (χ0v) is 14.9. The van der Waals surface area contributed by atoms with Crippen LogP contribution in [0.2, 0.25) is 0 Å². The van der Waals surface area contributed by atoms with Crippen LogP contribution >= 0.6 is 0 Å². The first kappa shape index (κ1) is 17.7. The molecule has 1 aromatic carbocycles. The number of carbonyl (C=O) groups excluding carboxylic acids is 2. The maximum Gasteiger partial charge on any atom is 0.253 e. The van der Waals surface area contributed by atoms with Crippen LogP contribution in [0.3, 0.4) is 0 Å². The SMILES string of the molecule is COc1cc(C(=O)N2CCC([C@H]3OCC[C@@H]3C(N)=O)CC2)ccc1C. The maximum atomic E-state index is 12.7. The molecule has 2 amide bonds. The molecule has 2 aliphatic rings. The van der Waals surface area contributed by atoms with Gasteiger partial charge in [0.05, 0.1) is 19.1 Å². The summed E-state index contributed by atoms with van der Waals surface area (Å²) in [7, 11) is 1.61. The number of hydrogen-bond donors (Lipinski definition) is 1. The highest BCUT2D eigenvalue weighted by atomic mass is 16.5. The molecule has 0 saturated carbocycles. The van der Waals surface area contributed by atoms with Crippen molar-refractivity contribution in [3.05, 3.63) is 29.3 Å². The molecule has 2 heterocycles. The van der Waals surface area contributed by atoms with Crippen LogP contribution in [-0.4, -0.2) is 49.6 Å². The first-order valence-corrected chi connectivity index (χ1v) is 8.86. The Balaban J connectivity index is 1.62. The number of hydrogen-bond acceptors (Lipinski definition) is 4. The molecule has 0 radical (unpaired) electrons. The highest BCUT2D eigenvalue weighted by Crippen LogP contribution is 2.33. The largest absolute Gasteiger partial charge is 0.496 e. The second-order valence-corrected chi connectivity index (χ2v) is 6.95. The van der Waals surface area contributed by atoms with Crippen LogP contribution in [0.1, 0.15) is 35.2 Å². The van der Waals surface area contributed by atoms with Gasteiger partial charge in [0.25, 0.3) is 5.91 Å². The number of nitrogens with zero attached hydrogens (tertiary/aromatic N) is 1. The summed E-state index contributed by atoms with van der Waals surface area (Å²) in [6, 6.07) is 5.55. The van der Waals surface area contributed by atoms with Gasteiger partial charge in [-0.3, -0.25) is 9.59 Å². The number of methoxy groups -OCH3 is 1. The number of benzene rings is 1. The zero-order chi connectivity index (χ0) is 18.0. The van der Waals surface area contributed by atoms with Crippen LogP contribution < -0.4 is 10.5 Å². The molecule has 0 aromatic heterocycles. The first-order valence-electron chi connectivity index (χ1n) is 8.86. The Bertz CT molecular complexity index is 653. The number of piperidine rings is 1. The summed E-state index contributed by atoms with van der Waals surface area (Å²) in [6.07, 6.45) is 2.29. The van der Waals surface area contributed by atoms with Crippen molar-refractivity contribution in [3.8, 4) is 5.75 Å². The quantitative estimate of drug-likeness (QED) is 0.900. The van der Waals surface area contributed by atoms with Gasteiger partial charge < -0.3 is 20.1 Å². The average Bonchev–Trinajstić information content (AvgIpc) is 3.12. The van der Waals surface area contributed by atoms with Crippen molar-refractivity contribution >= 4 is 11.8 Å². The first-order chi connectivity index (χ1) is 12.0. The van der Waals surface area contributed by atoms with Crippen molar-refractivity contribution in [2.24, 2.45) is 17.6 Å². The van der Waals surface area contributed by atoms with Crippen molar-refractivity contribution in [1.82, 2.24) is 4.90 Å². The van der Waals surface area contributed by atoms with Gasteiger partial charge in [0.15, 0.2) is 0 Å². The smallest absolute Gasteiger partial charge is 0.253 e. The van der Waals surface area contributed by atoms with E-state index in [0.717, 1.165) is 24.2 Å². The van der Waals surface area contributed by atoms with E-state index in [1.165, 1.54) is 0 Å². The minimum absolute atomic E-state index is 0.0236. The van der Waals surface area contributed by atoms with E-state index in [-0.39, 0.29) is 29.8 Å². The molecule has 1 aromatic rings. The Morgan fingerprint density at radius 2 is 1.96 bits per heavy atom. The van der Waals surface area contributed by atoms with Gasteiger partial charge >= 0.3 is 0 Å². The molecule has 25 heavy (non-hydrogen) atoms. The summed E-state index contributed by atoms with van der Waals surface area (Å²) in [5.41, 5.74) is 7.14. The molecular weight excluding hydrogens is 320 g/mol. The molecule has 2 fully saturated rings. The van der Waals surface area contributed by atoms with Crippen LogP contribution in [0.4, 0.5) is 0 Å². The molecule has 0 aliphatic carbocycles. The Hall–Kier alpha value is -2.08. The highest BCUT2D eigenvalue weighted by molar-refractivity contribution is 5.94. The summed E-state index contributed by atoms with van der Waals surface area (Å²) in [5.74, 6) is 0.581. The van der Waals surface area contributed by atoms with Crippen LogP contribution in [0.15, 0.2) is 18.2 Å². The van der Waals surface area contributed by atoms with Gasteiger partial charge in [-0.1, -0.05) is 6.07 Å². The van der Waals surface area contributed by atoms with E-state index in [1.54, 1.807) is 13.2 Å². The molecule has 0 bridgehead atoms. The molecule has 6 heteroatoms. The normalized spacial score (nSPS) is 24.3. The molecule has 3 rings (SSSR count). The van der Waals surface area contributed by atoms with E-state index in [9.17, 15) is 9.59 Å². The molecule has 2 aliphatic heterocycles. The van der Waals surface area contributed by atoms with Gasteiger partial charge in [-0.15, -0.1) is 0 Å². The van der Waals surface area contributed by atoms with E-state index >= 15 is 0 Å². The van der Waals surface area contributed by atoms with Gasteiger partial charge in [-0.25, -0.2) is 0 Å². The lowest BCUT2D eigenvalue weighted by molar-refractivity contribution is -0.124. The Labute approximate surface area is 148 Å². The van der Waals surface area contributed by atoms with Crippen molar-refractivity contribution < 1.29 is 19.1 Å². The minimum atomic E-state index is -0.271. The topological polar surface area (TPSA) is 81.9 Å². The summed E-state index contributed by atoms with van der Waals surface area (Å²) in [5, 5.41) is 0. The standard InChI is InChI=1S/C19H26N2O4/c1-12-3-4-14(11-16(12)24-2)19(23)21-8-5-13(6-9-21)17-15(18(20)22)7-10-25-17/h3-4,11,13,15,17H,5-10H2,1-2H3,(H2,20,22)/t15-,17+/m0/s1. The third kappa shape index (κ3) is 3.63. The predicted molar refractivity (Wildman–Crippen MR) is 93.4 cm³/mol. The molecule has 136 valence electrons. The fourth-order valence-electron chi connectivity index (χ4n) is 3.95. The number of ether oxygens (including phenoxy) is 2. The van der Waals surface area contributed by atoms with Crippen LogP contribution in [0, 0.1) is 18.8 Å². The number of aryl methyl sites for hydroxylation is 1. The third-order valence-corrected chi connectivity index (χ3v) is 5.45. The van der Waals surface area contributed by atoms with E-state index in [4.69, 9.17) is 15.2 Å². The van der Waals surface area contributed by atoms with Crippen LogP contribution in [0.25, 0.3) is 0 Å². The second kappa shape index (κ2) is 7.44. The van der Waals surface area contributed by atoms with Crippen LogP contribution in [0.5, 0.6) is 5.75 Å². The van der Waals surface area contributed by atoms with E-state index < -0.39 is 0 Å². The number of nitrogens with two attached hydrogens (primary N) is 1. The van der Waals surface area contributed by atoms with Crippen molar-refractivity contribution in [2.75, 3.05) is 26.8 Å². The Morgan fingerprint density at radius 1 is 1.24 bits per heavy atom. The molecule has 2 atom stereocenters. The van der Waals surface area contributed by atoms with Gasteiger partial charge in [-0.05, 0) is 49.8 Å². The maximum absolute atomic E-state index is 12.7. The van der Waals surface area contributed by atoms with Gasteiger partial charge in [0.2, 0.25) is 5.91 Å². The van der Waals surface area contributed by atoms with Gasteiger partial charge in [-0.2, -0.15) is 0 Å². The number of likely N-dealkylation sites (tertiary alicyclic amines) is 1. The average molecular weight is 346 g/mol. The number of primary amides is 1. The van der Waals surface area contributed by atoms with Crippen molar-refractivity contribution in [3.63, 3.8) is 0 Å². The summed E-state index contributed by atoms with van der Waals surface area (Å²) < 4.78 is 11.1. The van der Waals surface area contributed by atoms with Crippen molar-refractivity contribution in [1.29, 1.82) is 0 Å². The number of amides is 2. The Kier molecular flexibility index (Phi) is 5.27. The summed E-state index contributed by atoms with van der Waals surface area (Å²) >= 11 is 0. The molecule has 0 unspecified atom stereocenters. The predicted octanol–water partition coefficient (Wildman–Crippen LogP) is 1.75. The van der Waals surface area contributed by atoms with Gasteiger partial charge in [0.1, 0.15) is 5.75 Å². The lowest BCUT2D eigenvalue weighted by Gasteiger charge is -2.35. The van der Waals surface area contributed by atoms with E-state index in [1.807, 2.05) is 24.0 Å². The van der Waals surface area contributed by atoms with Gasteiger partial charge in [0, 0.05) is 25.3 Å². The monoisotopic (exact) mass is 346 g/mol.